The number of nitrogens with one attached hydrogen (secondary N) is 1. The minimum atomic E-state index is -0.726. The summed E-state index contributed by atoms with van der Waals surface area (Å²) in [7, 11) is 1.98. The van der Waals surface area contributed by atoms with Crippen LogP contribution < -0.4 is 5.32 Å². The molecule has 31 heavy (non-hydrogen) atoms. The van der Waals surface area contributed by atoms with Crippen LogP contribution in [0, 0.1) is 17.8 Å². The highest BCUT2D eigenvalue weighted by atomic mass is 16.4. The predicted molar refractivity (Wildman–Crippen MR) is 126 cm³/mol. The Labute approximate surface area is 188 Å². The van der Waals surface area contributed by atoms with Gasteiger partial charge in [0.15, 0.2) is 0 Å². The number of aliphatic carboxylic acids is 1. The molecule has 3 fully saturated rings. The molecule has 5 unspecified atom stereocenters. The van der Waals surface area contributed by atoms with Crippen molar-refractivity contribution in [3.05, 3.63) is 35.4 Å². The Morgan fingerprint density at radius 3 is 2.65 bits per heavy atom. The second-order valence-electron chi connectivity index (χ2n) is 10.6. The summed E-state index contributed by atoms with van der Waals surface area (Å²) in [6.07, 6.45) is 14.4. The van der Waals surface area contributed by atoms with Crippen molar-refractivity contribution in [2.45, 2.75) is 95.7 Å². The maximum Gasteiger partial charge on any atom is 0.317 e. The Hall–Kier alpha value is -1.39. The van der Waals surface area contributed by atoms with E-state index in [1.165, 1.54) is 69.8 Å². The molecule has 4 heteroatoms. The second kappa shape index (κ2) is 10.5. The third kappa shape index (κ3) is 5.51. The second-order valence-corrected chi connectivity index (χ2v) is 10.6. The van der Waals surface area contributed by atoms with Crippen LogP contribution in [0.5, 0.6) is 0 Å². The summed E-state index contributed by atoms with van der Waals surface area (Å²) in [6, 6.07) is 9.93. The summed E-state index contributed by atoms with van der Waals surface area (Å²) in [6.45, 7) is 2.39. The molecule has 2 aliphatic carbocycles. The molecule has 1 saturated heterocycles. The minimum Gasteiger partial charge on any atom is -0.480 e. The van der Waals surface area contributed by atoms with Gasteiger partial charge in [0.1, 0.15) is 0 Å². The van der Waals surface area contributed by atoms with Gasteiger partial charge in [-0.25, -0.2) is 0 Å². The molecule has 2 N–H and O–H groups in total. The smallest absolute Gasteiger partial charge is 0.317 e. The number of carboxylic acids is 1. The van der Waals surface area contributed by atoms with Gasteiger partial charge < -0.3 is 5.11 Å². The van der Waals surface area contributed by atoms with Crippen molar-refractivity contribution in [3.63, 3.8) is 0 Å². The van der Waals surface area contributed by atoms with Crippen LogP contribution in [0.15, 0.2) is 24.3 Å². The van der Waals surface area contributed by atoms with E-state index in [0.717, 1.165) is 24.2 Å². The van der Waals surface area contributed by atoms with E-state index in [1.807, 2.05) is 11.9 Å². The average Bonchev–Trinajstić information content (AvgIpc) is 2.78. The molecule has 1 aromatic carbocycles. The summed E-state index contributed by atoms with van der Waals surface area (Å²) in [5.41, 5.74) is 3.04. The van der Waals surface area contributed by atoms with Gasteiger partial charge in [-0.3, -0.25) is 15.0 Å². The van der Waals surface area contributed by atoms with Crippen LogP contribution in [-0.4, -0.2) is 41.8 Å². The number of carbonyl (C=O) groups is 1. The number of benzene rings is 1. The van der Waals surface area contributed by atoms with Crippen molar-refractivity contribution >= 4 is 5.97 Å². The molecular weight excluding hydrogens is 384 g/mol. The minimum absolute atomic E-state index is 0.124. The number of rotatable bonds is 7. The predicted octanol–water partition coefficient (Wildman–Crippen LogP) is 5.42. The number of nitrogens with zero attached hydrogens (tertiary/aromatic N) is 1. The summed E-state index contributed by atoms with van der Waals surface area (Å²) in [5.74, 6) is 2.24. The number of piperidine rings is 1. The van der Waals surface area contributed by atoms with Crippen LogP contribution in [0.25, 0.3) is 0 Å². The Morgan fingerprint density at radius 2 is 1.90 bits per heavy atom. The Morgan fingerprint density at radius 1 is 1.10 bits per heavy atom. The first-order valence-corrected chi connectivity index (χ1v) is 12.8. The van der Waals surface area contributed by atoms with E-state index in [0.29, 0.717) is 12.0 Å². The maximum absolute atomic E-state index is 11.3. The molecule has 0 aromatic heterocycles. The first-order chi connectivity index (χ1) is 15.0. The fraction of sp³-hybridized carbons (Fsp3) is 0.741. The highest BCUT2D eigenvalue weighted by Crippen LogP contribution is 2.48. The van der Waals surface area contributed by atoms with Crippen LogP contribution in [0.3, 0.4) is 0 Å². The van der Waals surface area contributed by atoms with E-state index < -0.39 is 5.97 Å². The van der Waals surface area contributed by atoms with Gasteiger partial charge in [0.2, 0.25) is 0 Å². The van der Waals surface area contributed by atoms with Crippen LogP contribution in [0.2, 0.25) is 0 Å². The molecular formula is C27H42N2O2. The highest BCUT2D eigenvalue weighted by molar-refractivity contribution is 5.69. The summed E-state index contributed by atoms with van der Waals surface area (Å²) in [5, 5.41) is 13.2. The van der Waals surface area contributed by atoms with E-state index in [1.54, 1.807) is 5.56 Å². The standard InChI is InChI=1S/C27H42N2O2/c1-3-8-19-9-7-12-21(15-19)22-13-14-25-24(16-22)23(20-10-5-4-6-11-20)17-26(28-25)29(2)18-27(30)31/h7,9,12,15,20,22-26,28H,3-6,8,10-11,13-14,16-18H2,1-2H3,(H,30,31). The average molecular weight is 427 g/mol. The first kappa shape index (κ1) is 22.8. The van der Waals surface area contributed by atoms with Crippen molar-refractivity contribution in [2.75, 3.05) is 13.6 Å². The van der Waals surface area contributed by atoms with Gasteiger partial charge in [-0.05, 0) is 74.0 Å². The van der Waals surface area contributed by atoms with Crippen molar-refractivity contribution in [3.8, 4) is 0 Å². The molecule has 2 saturated carbocycles. The third-order valence-electron chi connectivity index (χ3n) is 8.48. The lowest BCUT2D eigenvalue weighted by Gasteiger charge is -2.52. The Kier molecular flexibility index (Phi) is 7.71. The molecule has 0 spiro atoms. The van der Waals surface area contributed by atoms with Gasteiger partial charge in [-0.2, -0.15) is 0 Å². The number of likely N-dealkylation sites (N-methyl/N-ethyl adjacent to an activating group) is 1. The van der Waals surface area contributed by atoms with Crippen LogP contribution in [-0.2, 0) is 11.2 Å². The van der Waals surface area contributed by atoms with Crippen LogP contribution in [0.4, 0.5) is 0 Å². The van der Waals surface area contributed by atoms with Crippen molar-refractivity contribution in [1.29, 1.82) is 0 Å². The van der Waals surface area contributed by atoms with Crippen molar-refractivity contribution in [1.82, 2.24) is 10.2 Å². The lowest BCUT2D eigenvalue weighted by atomic mass is 9.61. The number of fused-ring (bicyclic) bond motifs is 1. The number of hydrogen-bond donors (Lipinski definition) is 2. The zero-order valence-electron chi connectivity index (χ0n) is 19.6. The van der Waals surface area contributed by atoms with Gasteiger partial charge in [0, 0.05) is 6.04 Å². The molecule has 1 aliphatic heterocycles. The molecule has 1 aromatic rings. The quantitative estimate of drug-likeness (QED) is 0.611. The van der Waals surface area contributed by atoms with E-state index in [-0.39, 0.29) is 12.7 Å². The Bertz CT molecular complexity index is 730. The lowest BCUT2D eigenvalue weighted by molar-refractivity contribution is -0.139. The van der Waals surface area contributed by atoms with Gasteiger partial charge >= 0.3 is 5.97 Å². The fourth-order valence-corrected chi connectivity index (χ4v) is 6.96. The van der Waals surface area contributed by atoms with Gasteiger partial charge in [-0.1, -0.05) is 69.7 Å². The van der Waals surface area contributed by atoms with Crippen molar-refractivity contribution in [2.24, 2.45) is 17.8 Å². The third-order valence-corrected chi connectivity index (χ3v) is 8.48. The lowest BCUT2D eigenvalue weighted by Crippen LogP contribution is -2.60. The van der Waals surface area contributed by atoms with Gasteiger partial charge in [0.05, 0.1) is 12.7 Å². The maximum atomic E-state index is 11.3. The van der Waals surface area contributed by atoms with E-state index in [4.69, 9.17) is 0 Å². The van der Waals surface area contributed by atoms with Gasteiger partial charge in [-0.15, -0.1) is 0 Å². The van der Waals surface area contributed by atoms with Crippen LogP contribution >= 0.6 is 0 Å². The number of hydrogen-bond acceptors (Lipinski definition) is 3. The molecule has 5 atom stereocenters. The van der Waals surface area contributed by atoms with E-state index in [2.05, 4.69) is 36.5 Å². The fourth-order valence-electron chi connectivity index (χ4n) is 6.96. The number of carboxylic acid groups (broad SMARTS) is 1. The molecule has 4 rings (SSSR count). The normalized spacial score (nSPS) is 32.0. The summed E-state index contributed by atoms with van der Waals surface area (Å²) >= 11 is 0. The monoisotopic (exact) mass is 426 g/mol. The molecule has 0 amide bonds. The zero-order chi connectivity index (χ0) is 21.8. The molecule has 1 heterocycles. The van der Waals surface area contributed by atoms with E-state index in [9.17, 15) is 9.90 Å². The molecule has 3 aliphatic rings. The summed E-state index contributed by atoms with van der Waals surface area (Å²) < 4.78 is 0. The first-order valence-electron chi connectivity index (χ1n) is 12.8. The molecule has 4 nitrogen and oxygen atoms in total. The highest BCUT2D eigenvalue weighted by Gasteiger charge is 2.45. The molecule has 0 radical (unpaired) electrons. The largest absolute Gasteiger partial charge is 0.480 e. The number of aryl methyl sites for hydroxylation is 1. The topological polar surface area (TPSA) is 52.6 Å². The van der Waals surface area contributed by atoms with Crippen molar-refractivity contribution < 1.29 is 9.90 Å². The molecule has 0 bridgehead atoms. The van der Waals surface area contributed by atoms with E-state index >= 15 is 0 Å². The molecule has 172 valence electrons. The van der Waals surface area contributed by atoms with Gasteiger partial charge in [0.25, 0.3) is 0 Å². The van der Waals surface area contributed by atoms with Crippen LogP contribution in [0.1, 0.15) is 88.2 Å². The SMILES string of the molecule is CCCc1cccc(C2CCC3NC(N(C)CC(=O)O)CC(C4CCCCC4)C3C2)c1. The summed E-state index contributed by atoms with van der Waals surface area (Å²) in [4.78, 5) is 13.4. The zero-order valence-corrected chi connectivity index (χ0v) is 19.6. The Balaban J connectivity index is 1.52.